The molecule has 4 aliphatic carbocycles. The Labute approximate surface area is 126 Å². The Hall–Kier alpha value is -0.900. The van der Waals surface area contributed by atoms with Crippen molar-refractivity contribution in [3.8, 4) is 0 Å². The van der Waals surface area contributed by atoms with E-state index < -0.39 is 0 Å². The van der Waals surface area contributed by atoms with Crippen molar-refractivity contribution in [3.63, 3.8) is 0 Å². The maximum atomic E-state index is 4.72. The highest BCUT2D eigenvalue weighted by Crippen LogP contribution is 2.59. The molecule has 0 amide bonds. The van der Waals surface area contributed by atoms with Gasteiger partial charge in [0.1, 0.15) is 11.6 Å². The van der Waals surface area contributed by atoms with Gasteiger partial charge in [-0.25, -0.2) is 0 Å². The van der Waals surface area contributed by atoms with Crippen LogP contribution in [0.15, 0.2) is 0 Å². The van der Waals surface area contributed by atoms with Crippen molar-refractivity contribution in [3.05, 3.63) is 11.6 Å². The van der Waals surface area contributed by atoms with Crippen LogP contribution >= 0.6 is 0 Å². The summed E-state index contributed by atoms with van der Waals surface area (Å²) in [5.74, 6) is 7.16. The summed E-state index contributed by atoms with van der Waals surface area (Å²) in [5, 5.41) is 12.9. The fourth-order valence-corrected chi connectivity index (χ4v) is 6.18. The minimum Gasteiger partial charge on any atom is -0.312 e. The van der Waals surface area contributed by atoms with Crippen molar-refractivity contribution in [2.24, 2.45) is 23.7 Å². The molecule has 1 aromatic rings. The van der Waals surface area contributed by atoms with Gasteiger partial charge in [0.2, 0.25) is 0 Å². The fourth-order valence-electron chi connectivity index (χ4n) is 6.18. The summed E-state index contributed by atoms with van der Waals surface area (Å²) in [6, 6.07) is 0.414. The Kier molecular flexibility index (Phi) is 2.73. The minimum absolute atomic E-state index is 0.414. The van der Waals surface area contributed by atoms with E-state index >= 15 is 0 Å². The first-order valence-corrected chi connectivity index (χ1v) is 8.99. The predicted octanol–water partition coefficient (Wildman–Crippen LogP) is 2.87. The van der Waals surface area contributed by atoms with Crippen molar-refractivity contribution in [1.29, 1.82) is 0 Å². The van der Waals surface area contributed by atoms with Crippen LogP contribution in [-0.4, -0.2) is 21.3 Å². The topological polar surface area (TPSA) is 42.7 Å². The first-order valence-electron chi connectivity index (χ1n) is 8.99. The van der Waals surface area contributed by atoms with Crippen LogP contribution in [0, 0.1) is 23.7 Å². The number of aromatic nitrogens is 3. The van der Waals surface area contributed by atoms with E-state index in [2.05, 4.69) is 21.9 Å². The number of nitrogens with one attached hydrogen (secondary N) is 1. The molecule has 0 spiro atoms. The Morgan fingerprint density at radius 1 is 1.00 bits per heavy atom. The van der Waals surface area contributed by atoms with Crippen LogP contribution in [0.3, 0.4) is 0 Å². The lowest BCUT2D eigenvalue weighted by Gasteiger charge is -2.54. The summed E-state index contributed by atoms with van der Waals surface area (Å²) in [6.45, 7) is 4.38. The van der Waals surface area contributed by atoms with Crippen molar-refractivity contribution < 1.29 is 0 Å². The van der Waals surface area contributed by atoms with Gasteiger partial charge in [0.25, 0.3) is 0 Å². The van der Waals surface area contributed by atoms with E-state index in [1.165, 1.54) is 43.8 Å². The lowest BCUT2D eigenvalue weighted by Crippen LogP contribution is -2.45. The molecule has 21 heavy (non-hydrogen) atoms. The second kappa shape index (κ2) is 4.55. The quantitative estimate of drug-likeness (QED) is 0.909. The van der Waals surface area contributed by atoms with Crippen molar-refractivity contribution in [2.75, 3.05) is 6.54 Å². The molecule has 1 atom stereocenters. The molecule has 4 bridgehead atoms. The average Bonchev–Trinajstić information content (AvgIpc) is 2.90. The smallest absolute Gasteiger partial charge is 0.150 e. The van der Waals surface area contributed by atoms with Gasteiger partial charge in [0.15, 0.2) is 0 Å². The SMILES string of the molecule is CCC1NCCn2c1nnc2C1C2CC3CC(C2)CC1C3. The van der Waals surface area contributed by atoms with Crippen LogP contribution in [0.1, 0.15) is 69.1 Å². The van der Waals surface area contributed by atoms with Crippen LogP contribution < -0.4 is 5.32 Å². The number of hydrogen-bond acceptors (Lipinski definition) is 3. The zero-order chi connectivity index (χ0) is 14.0. The van der Waals surface area contributed by atoms with E-state index in [-0.39, 0.29) is 0 Å². The molecule has 0 saturated heterocycles. The van der Waals surface area contributed by atoms with E-state index in [1.807, 2.05) is 0 Å². The first-order chi connectivity index (χ1) is 10.3. The van der Waals surface area contributed by atoms with E-state index in [0.29, 0.717) is 6.04 Å². The monoisotopic (exact) mass is 286 g/mol. The molecule has 114 valence electrons. The zero-order valence-corrected chi connectivity index (χ0v) is 13.0. The molecule has 1 N–H and O–H groups in total. The first kappa shape index (κ1) is 12.6. The highest BCUT2D eigenvalue weighted by atomic mass is 15.3. The molecule has 2 heterocycles. The van der Waals surface area contributed by atoms with Crippen LogP contribution in [0.4, 0.5) is 0 Å². The van der Waals surface area contributed by atoms with E-state index in [1.54, 1.807) is 0 Å². The molecule has 6 rings (SSSR count). The van der Waals surface area contributed by atoms with Crippen LogP contribution in [-0.2, 0) is 6.54 Å². The van der Waals surface area contributed by atoms with Gasteiger partial charge in [-0.05, 0) is 62.2 Å². The Balaban J connectivity index is 1.52. The standard InChI is InChI=1S/C17H26N4/c1-2-14-16-19-20-17(21(16)4-3-18-14)15-12-6-10-5-11(8-12)9-13(15)7-10/h10-15,18H,2-9H2,1H3. The van der Waals surface area contributed by atoms with Gasteiger partial charge in [0, 0.05) is 19.0 Å². The summed E-state index contributed by atoms with van der Waals surface area (Å²) < 4.78 is 2.48. The number of fused-ring (bicyclic) bond motifs is 1. The third-order valence-corrected chi connectivity index (χ3v) is 6.78. The van der Waals surface area contributed by atoms with Crippen molar-refractivity contribution in [1.82, 2.24) is 20.1 Å². The molecule has 0 radical (unpaired) electrons. The van der Waals surface area contributed by atoms with Gasteiger partial charge in [-0.3, -0.25) is 0 Å². The highest BCUT2D eigenvalue weighted by molar-refractivity contribution is 5.15. The van der Waals surface area contributed by atoms with Gasteiger partial charge >= 0.3 is 0 Å². The van der Waals surface area contributed by atoms with E-state index in [0.717, 1.165) is 49.1 Å². The van der Waals surface area contributed by atoms with Crippen LogP contribution in [0.2, 0.25) is 0 Å². The molecule has 4 fully saturated rings. The van der Waals surface area contributed by atoms with E-state index in [4.69, 9.17) is 5.10 Å². The van der Waals surface area contributed by atoms with Gasteiger partial charge in [-0.2, -0.15) is 0 Å². The second-order valence-electron chi connectivity index (χ2n) is 7.94. The third kappa shape index (κ3) is 1.77. The molecule has 4 heteroatoms. The van der Waals surface area contributed by atoms with E-state index in [9.17, 15) is 0 Å². The molecule has 5 aliphatic rings. The van der Waals surface area contributed by atoms with Crippen molar-refractivity contribution >= 4 is 0 Å². The summed E-state index contributed by atoms with van der Waals surface area (Å²) >= 11 is 0. The highest BCUT2D eigenvalue weighted by Gasteiger charge is 2.50. The Morgan fingerprint density at radius 2 is 1.67 bits per heavy atom. The van der Waals surface area contributed by atoms with Crippen LogP contribution in [0.25, 0.3) is 0 Å². The summed E-state index contributed by atoms with van der Waals surface area (Å²) in [7, 11) is 0. The zero-order valence-electron chi connectivity index (χ0n) is 13.0. The molecule has 1 unspecified atom stereocenters. The Bertz CT molecular complexity index is 521. The lowest BCUT2D eigenvalue weighted by molar-refractivity contribution is -0.00708. The lowest BCUT2D eigenvalue weighted by atomic mass is 9.51. The van der Waals surface area contributed by atoms with Crippen molar-refractivity contribution in [2.45, 2.75) is 64.0 Å². The van der Waals surface area contributed by atoms with Gasteiger partial charge in [0.05, 0.1) is 6.04 Å². The average molecular weight is 286 g/mol. The van der Waals surface area contributed by atoms with Gasteiger partial charge < -0.3 is 9.88 Å². The fraction of sp³-hybridized carbons (Fsp3) is 0.882. The Morgan fingerprint density at radius 3 is 2.33 bits per heavy atom. The van der Waals surface area contributed by atoms with Gasteiger partial charge in [-0.1, -0.05) is 6.92 Å². The molecule has 1 aliphatic heterocycles. The second-order valence-corrected chi connectivity index (χ2v) is 7.94. The molecule has 1 aromatic heterocycles. The molecular formula is C17H26N4. The number of rotatable bonds is 2. The molecule has 0 aromatic carbocycles. The summed E-state index contributed by atoms with van der Waals surface area (Å²) in [4.78, 5) is 0. The van der Waals surface area contributed by atoms with Crippen LogP contribution in [0.5, 0.6) is 0 Å². The molecule has 4 nitrogen and oxygen atoms in total. The largest absolute Gasteiger partial charge is 0.312 e. The minimum atomic E-state index is 0.414. The normalized spacial score (nSPS) is 44.0. The summed E-state index contributed by atoms with van der Waals surface area (Å²) in [5.41, 5.74) is 0. The van der Waals surface area contributed by atoms with Gasteiger partial charge in [-0.15, -0.1) is 10.2 Å². The summed E-state index contributed by atoms with van der Waals surface area (Å²) in [6.07, 6.45) is 8.51. The maximum Gasteiger partial charge on any atom is 0.150 e. The number of nitrogens with zero attached hydrogens (tertiary/aromatic N) is 3. The molecule has 4 saturated carbocycles. The predicted molar refractivity (Wildman–Crippen MR) is 80.8 cm³/mol. The third-order valence-electron chi connectivity index (χ3n) is 6.78. The molecular weight excluding hydrogens is 260 g/mol. The maximum absolute atomic E-state index is 4.72. The number of hydrogen-bond donors (Lipinski definition) is 1.